The molecule has 0 heterocycles. The number of unbranched alkanes of at least 4 members (excludes halogenated alkanes) is 20. The molecule has 0 rings (SSSR count). The first kappa shape index (κ1) is 58.6. The van der Waals surface area contributed by atoms with Crippen molar-refractivity contribution in [1.82, 2.24) is 0 Å². The summed E-state index contributed by atoms with van der Waals surface area (Å²) in [6.45, 7) is 6.43. The van der Waals surface area contributed by atoms with Crippen molar-refractivity contribution in [3.05, 3.63) is 85.1 Å². The molecular formula is C56H94O6. The minimum Gasteiger partial charge on any atom is -0.462 e. The number of hydrogen-bond donors (Lipinski definition) is 0. The van der Waals surface area contributed by atoms with Gasteiger partial charge >= 0.3 is 17.9 Å². The molecule has 0 unspecified atom stereocenters. The zero-order valence-electron chi connectivity index (χ0n) is 40.4. The van der Waals surface area contributed by atoms with Crippen molar-refractivity contribution in [2.45, 2.75) is 239 Å². The second-order valence-corrected chi connectivity index (χ2v) is 16.7. The molecule has 0 saturated heterocycles. The number of hydrogen-bond acceptors (Lipinski definition) is 6. The number of ether oxygens (including phenoxy) is 3. The molecule has 0 saturated carbocycles. The van der Waals surface area contributed by atoms with E-state index in [1.165, 1.54) is 70.6 Å². The summed E-state index contributed by atoms with van der Waals surface area (Å²) < 4.78 is 16.7. The lowest BCUT2D eigenvalue weighted by Gasteiger charge is -2.18. The largest absolute Gasteiger partial charge is 0.462 e. The van der Waals surface area contributed by atoms with E-state index in [0.717, 1.165) is 122 Å². The van der Waals surface area contributed by atoms with Crippen LogP contribution in [0.5, 0.6) is 0 Å². The number of carbonyl (C=O) groups is 3. The fourth-order valence-electron chi connectivity index (χ4n) is 6.78. The van der Waals surface area contributed by atoms with Gasteiger partial charge in [0.1, 0.15) is 13.2 Å². The zero-order chi connectivity index (χ0) is 45.1. The molecule has 0 aromatic rings. The molecule has 0 aliphatic heterocycles. The molecule has 6 nitrogen and oxygen atoms in total. The van der Waals surface area contributed by atoms with Crippen molar-refractivity contribution < 1.29 is 28.6 Å². The van der Waals surface area contributed by atoms with Crippen LogP contribution in [0.3, 0.4) is 0 Å². The molecule has 1 atom stereocenters. The van der Waals surface area contributed by atoms with Crippen LogP contribution in [0.4, 0.5) is 0 Å². The lowest BCUT2D eigenvalue weighted by atomic mass is 10.1. The molecule has 0 spiro atoms. The van der Waals surface area contributed by atoms with E-state index in [1.54, 1.807) is 0 Å². The summed E-state index contributed by atoms with van der Waals surface area (Å²) in [7, 11) is 0. The number of esters is 3. The van der Waals surface area contributed by atoms with E-state index in [1.807, 2.05) is 0 Å². The smallest absolute Gasteiger partial charge is 0.306 e. The maximum Gasteiger partial charge on any atom is 0.306 e. The SMILES string of the molecule is CC/C=C\C/C=C\C/C=C\C/C=C\C/C=C\CCCCCC(=O)OC[C@@H](COC(=O)CCCCCCCCCCCCC)OC(=O)CCCCCCC/C=C\C/C=C\CCCC. The summed E-state index contributed by atoms with van der Waals surface area (Å²) in [5.74, 6) is -0.942. The van der Waals surface area contributed by atoms with Gasteiger partial charge in [-0.1, -0.05) is 209 Å². The van der Waals surface area contributed by atoms with Crippen LogP contribution in [-0.4, -0.2) is 37.2 Å². The van der Waals surface area contributed by atoms with Crippen molar-refractivity contribution in [3.8, 4) is 0 Å². The minimum absolute atomic E-state index is 0.0921. The van der Waals surface area contributed by atoms with E-state index in [4.69, 9.17) is 14.2 Å². The first-order chi connectivity index (χ1) is 30.5. The predicted molar refractivity (Wildman–Crippen MR) is 265 cm³/mol. The van der Waals surface area contributed by atoms with Crippen LogP contribution in [0.2, 0.25) is 0 Å². The van der Waals surface area contributed by atoms with Gasteiger partial charge in [-0.2, -0.15) is 0 Å². The van der Waals surface area contributed by atoms with E-state index >= 15 is 0 Å². The van der Waals surface area contributed by atoms with Crippen LogP contribution < -0.4 is 0 Å². The van der Waals surface area contributed by atoms with Crippen LogP contribution in [0.15, 0.2) is 85.1 Å². The Labute approximate surface area is 382 Å². The van der Waals surface area contributed by atoms with E-state index in [9.17, 15) is 14.4 Å². The first-order valence-corrected chi connectivity index (χ1v) is 25.6. The highest BCUT2D eigenvalue weighted by Crippen LogP contribution is 2.14. The highest BCUT2D eigenvalue weighted by atomic mass is 16.6. The van der Waals surface area contributed by atoms with Gasteiger partial charge in [0.15, 0.2) is 6.10 Å². The minimum atomic E-state index is -0.795. The highest BCUT2D eigenvalue weighted by molar-refractivity contribution is 5.71. The van der Waals surface area contributed by atoms with Crippen molar-refractivity contribution in [2.75, 3.05) is 13.2 Å². The Morgan fingerprint density at radius 1 is 0.339 bits per heavy atom. The van der Waals surface area contributed by atoms with Crippen LogP contribution in [0.25, 0.3) is 0 Å². The average molecular weight is 863 g/mol. The molecule has 0 bridgehead atoms. The molecule has 0 aromatic carbocycles. The van der Waals surface area contributed by atoms with Gasteiger partial charge in [-0.05, 0) is 89.9 Å². The summed E-state index contributed by atoms with van der Waals surface area (Å²) in [5.41, 5.74) is 0. The van der Waals surface area contributed by atoms with Crippen molar-refractivity contribution in [1.29, 1.82) is 0 Å². The number of carbonyl (C=O) groups excluding carboxylic acids is 3. The standard InChI is InChI=1S/C56H94O6/c1-4-7-10-13-16-19-22-24-26-27-28-29-30-32-34-37-40-43-46-49-55(58)61-52-53(51-60-54(57)48-45-42-39-36-33-21-18-15-12-9-6-3)62-56(59)50-47-44-41-38-35-31-25-23-20-17-14-11-8-5-2/h7,10,14,16-17,19,23-26,28-29,32,34,53H,4-6,8-9,11-13,15,18,20-22,27,30-31,33,35-52H2,1-3H3/b10-7-,17-14-,19-16-,25-23-,26-24-,29-28-,34-32-/t53-/m1/s1. The zero-order valence-corrected chi connectivity index (χ0v) is 40.4. The lowest BCUT2D eigenvalue weighted by Crippen LogP contribution is -2.30. The Morgan fingerprint density at radius 3 is 1.05 bits per heavy atom. The van der Waals surface area contributed by atoms with E-state index in [2.05, 4.69) is 106 Å². The summed E-state index contributed by atoms with van der Waals surface area (Å²) in [6.07, 6.45) is 64.2. The molecule has 6 heteroatoms. The molecule has 62 heavy (non-hydrogen) atoms. The third-order valence-electron chi connectivity index (χ3n) is 10.6. The molecule has 0 amide bonds. The Balaban J connectivity index is 4.45. The van der Waals surface area contributed by atoms with E-state index < -0.39 is 6.10 Å². The van der Waals surface area contributed by atoms with Crippen LogP contribution in [0.1, 0.15) is 233 Å². The Hall–Kier alpha value is -3.41. The molecule has 0 radical (unpaired) electrons. The van der Waals surface area contributed by atoms with Crippen LogP contribution >= 0.6 is 0 Å². The van der Waals surface area contributed by atoms with Gasteiger partial charge < -0.3 is 14.2 Å². The summed E-state index contributed by atoms with van der Waals surface area (Å²) in [5, 5.41) is 0. The highest BCUT2D eigenvalue weighted by Gasteiger charge is 2.19. The summed E-state index contributed by atoms with van der Waals surface area (Å²) in [4.78, 5) is 37.9. The van der Waals surface area contributed by atoms with Gasteiger partial charge in [0, 0.05) is 19.3 Å². The quantitative estimate of drug-likeness (QED) is 0.0263. The molecule has 0 aliphatic carbocycles. The first-order valence-electron chi connectivity index (χ1n) is 25.6. The second-order valence-electron chi connectivity index (χ2n) is 16.7. The van der Waals surface area contributed by atoms with E-state index in [-0.39, 0.29) is 31.1 Å². The van der Waals surface area contributed by atoms with E-state index in [0.29, 0.717) is 19.3 Å². The molecule has 354 valence electrons. The molecule has 0 aliphatic rings. The molecular weight excluding hydrogens is 769 g/mol. The molecule has 0 aromatic heterocycles. The summed E-state index contributed by atoms with van der Waals surface area (Å²) in [6, 6.07) is 0. The van der Waals surface area contributed by atoms with Crippen molar-refractivity contribution in [3.63, 3.8) is 0 Å². The Bertz CT molecular complexity index is 1220. The van der Waals surface area contributed by atoms with Gasteiger partial charge in [-0.25, -0.2) is 0 Å². The third-order valence-corrected chi connectivity index (χ3v) is 10.6. The van der Waals surface area contributed by atoms with Crippen LogP contribution in [0, 0.1) is 0 Å². The third kappa shape index (κ3) is 47.6. The van der Waals surface area contributed by atoms with Gasteiger partial charge in [0.2, 0.25) is 0 Å². The van der Waals surface area contributed by atoms with Gasteiger partial charge in [-0.15, -0.1) is 0 Å². The van der Waals surface area contributed by atoms with Gasteiger partial charge in [-0.3, -0.25) is 14.4 Å². The van der Waals surface area contributed by atoms with Crippen LogP contribution in [-0.2, 0) is 28.6 Å². The second kappa shape index (κ2) is 50.2. The summed E-state index contributed by atoms with van der Waals surface area (Å²) >= 11 is 0. The Morgan fingerprint density at radius 2 is 0.645 bits per heavy atom. The monoisotopic (exact) mass is 863 g/mol. The molecule has 0 N–H and O–H groups in total. The average Bonchev–Trinajstić information content (AvgIpc) is 3.27. The lowest BCUT2D eigenvalue weighted by molar-refractivity contribution is -0.167. The van der Waals surface area contributed by atoms with Crippen molar-refractivity contribution >= 4 is 17.9 Å². The van der Waals surface area contributed by atoms with Gasteiger partial charge in [0.05, 0.1) is 0 Å². The topological polar surface area (TPSA) is 78.9 Å². The number of rotatable bonds is 45. The Kier molecular flexibility index (Phi) is 47.5. The fourth-order valence-corrected chi connectivity index (χ4v) is 6.78. The van der Waals surface area contributed by atoms with Gasteiger partial charge in [0.25, 0.3) is 0 Å². The fraction of sp³-hybridized carbons (Fsp3) is 0.696. The number of allylic oxidation sites excluding steroid dienone is 14. The maximum atomic E-state index is 12.8. The normalized spacial score (nSPS) is 12.8. The van der Waals surface area contributed by atoms with Crippen molar-refractivity contribution in [2.24, 2.45) is 0 Å². The predicted octanol–water partition coefficient (Wildman–Crippen LogP) is 16.8. The maximum absolute atomic E-state index is 12.8. The molecule has 0 fully saturated rings.